The molecule has 0 unspecified atom stereocenters. The van der Waals surface area contributed by atoms with E-state index in [1.807, 2.05) is 27.7 Å². The first-order valence-corrected chi connectivity index (χ1v) is 5.53. The Kier molecular flexibility index (Phi) is 12.8. The molecule has 0 amide bonds. The van der Waals surface area contributed by atoms with Crippen LogP contribution in [0.25, 0.3) is 0 Å². The summed E-state index contributed by atoms with van der Waals surface area (Å²) in [6, 6.07) is 2.22. The van der Waals surface area contributed by atoms with Crippen molar-refractivity contribution in [1.29, 1.82) is 0 Å². The highest BCUT2D eigenvalue weighted by Gasteiger charge is 1.91. The molecule has 1 aromatic heterocycles. The average molecular weight is 183 g/mol. The zero-order valence-corrected chi connectivity index (χ0v) is 10.1. The molecule has 1 aromatic rings. The van der Waals surface area contributed by atoms with Gasteiger partial charge in [-0.2, -0.15) is 0 Å². The minimum Gasteiger partial charge on any atom is -0.365 e. The standard InChI is InChI=1S/C8H13N.2C2H6/c1-3-7-5-8(4-2)9-6-7;2*1-2/h5-6,9H,3-4H2,1-2H3;2*1-2H3. The van der Waals surface area contributed by atoms with Gasteiger partial charge in [0.1, 0.15) is 0 Å². The molecule has 0 saturated heterocycles. The Hall–Kier alpha value is -0.720. The first-order chi connectivity index (χ1) is 6.36. The molecule has 0 atom stereocenters. The molecule has 0 fully saturated rings. The van der Waals surface area contributed by atoms with Crippen molar-refractivity contribution >= 4 is 0 Å². The maximum Gasteiger partial charge on any atom is 0.0147 e. The lowest BCUT2D eigenvalue weighted by Gasteiger charge is -1.83. The fourth-order valence-corrected chi connectivity index (χ4v) is 0.901. The van der Waals surface area contributed by atoms with Gasteiger partial charge in [0.25, 0.3) is 0 Å². The molecule has 1 heterocycles. The Balaban J connectivity index is 0. The van der Waals surface area contributed by atoms with Crippen LogP contribution < -0.4 is 0 Å². The number of hydrogen-bond acceptors (Lipinski definition) is 0. The van der Waals surface area contributed by atoms with Gasteiger partial charge in [0, 0.05) is 11.9 Å². The predicted octanol–water partition coefficient (Wildman–Crippen LogP) is 4.19. The Morgan fingerprint density at radius 2 is 1.54 bits per heavy atom. The molecule has 0 spiro atoms. The topological polar surface area (TPSA) is 15.8 Å². The minimum atomic E-state index is 1.11. The zero-order valence-electron chi connectivity index (χ0n) is 10.1. The molecule has 0 aliphatic rings. The Labute approximate surface area is 83.6 Å². The fraction of sp³-hybridized carbons (Fsp3) is 0.667. The minimum absolute atomic E-state index is 1.11. The summed E-state index contributed by atoms with van der Waals surface area (Å²) in [4.78, 5) is 3.21. The van der Waals surface area contributed by atoms with Gasteiger partial charge < -0.3 is 4.98 Å². The first-order valence-electron chi connectivity index (χ1n) is 5.53. The molecule has 0 aliphatic carbocycles. The van der Waals surface area contributed by atoms with Crippen LogP contribution in [0.5, 0.6) is 0 Å². The van der Waals surface area contributed by atoms with Crippen molar-refractivity contribution in [2.45, 2.75) is 54.4 Å². The highest BCUT2D eigenvalue weighted by atomic mass is 14.7. The van der Waals surface area contributed by atoms with Crippen molar-refractivity contribution in [2.24, 2.45) is 0 Å². The summed E-state index contributed by atoms with van der Waals surface area (Å²) in [5.41, 5.74) is 2.75. The zero-order chi connectivity index (χ0) is 10.7. The molecule has 78 valence electrons. The van der Waals surface area contributed by atoms with Crippen molar-refractivity contribution in [3.8, 4) is 0 Å². The number of aromatic nitrogens is 1. The summed E-state index contributed by atoms with van der Waals surface area (Å²) in [5.74, 6) is 0. The van der Waals surface area contributed by atoms with E-state index in [4.69, 9.17) is 0 Å². The molecular formula is C12H25N. The van der Waals surface area contributed by atoms with Crippen LogP contribution in [0.2, 0.25) is 0 Å². The van der Waals surface area contributed by atoms with Crippen LogP contribution in [0.3, 0.4) is 0 Å². The van der Waals surface area contributed by atoms with Crippen molar-refractivity contribution in [3.63, 3.8) is 0 Å². The van der Waals surface area contributed by atoms with E-state index in [2.05, 4.69) is 31.1 Å². The van der Waals surface area contributed by atoms with Crippen molar-refractivity contribution in [3.05, 3.63) is 23.5 Å². The van der Waals surface area contributed by atoms with E-state index in [0.29, 0.717) is 0 Å². The van der Waals surface area contributed by atoms with Crippen LogP contribution in [0.1, 0.15) is 52.8 Å². The van der Waals surface area contributed by atoms with Gasteiger partial charge in [-0.05, 0) is 24.5 Å². The van der Waals surface area contributed by atoms with Gasteiger partial charge in [-0.15, -0.1) is 0 Å². The van der Waals surface area contributed by atoms with E-state index in [1.165, 1.54) is 11.3 Å². The fourth-order valence-electron chi connectivity index (χ4n) is 0.901. The second-order valence-corrected chi connectivity index (χ2v) is 2.24. The number of H-pyrrole nitrogens is 1. The van der Waals surface area contributed by atoms with E-state index >= 15 is 0 Å². The van der Waals surface area contributed by atoms with Crippen molar-refractivity contribution < 1.29 is 0 Å². The molecule has 1 rings (SSSR count). The lowest BCUT2D eigenvalue weighted by Crippen LogP contribution is -1.74. The van der Waals surface area contributed by atoms with Crippen molar-refractivity contribution in [1.82, 2.24) is 4.98 Å². The predicted molar refractivity (Wildman–Crippen MR) is 62.2 cm³/mol. The van der Waals surface area contributed by atoms with E-state index in [-0.39, 0.29) is 0 Å². The smallest absolute Gasteiger partial charge is 0.0147 e. The van der Waals surface area contributed by atoms with Gasteiger partial charge in [0.05, 0.1) is 0 Å². The number of aromatic amines is 1. The van der Waals surface area contributed by atoms with E-state index in [0.717, 1.165) is 12.8 Å². The molecule has 1 nitrogen and oxygen atoms in total. The summed E-state index contributed by atoms with van der Waals surface area (Å²) in [6.07, 6.45) is 4.33. The summed E-state index contributed by atoms with van der Waals surface area (Å²) in [7, 11) is 0. The van der Waals surface area contributed by atoms with Crippen LogP contribution in [0.15, 0.2) is 12.3 Å². The first kappa shape index (κ1) is 14.8. The van der Waals surface area contributed by atoms with Gasteiger partial charge in [0.15, 0.2) is 0 Å². The highest BCUT2D eigenvalue weighted by molar-refractivity contribution is 5.16. The molecule has 0 saturated carbocycles. The third kappa shape index (κ3) is 6.44. The highest BCUT2D eigenvalue weighted by Crippen LogP contribution is 2.03. The summed E-state index contributed by atoms with van der Waals surface area (Å²) in [5, 5.41) is 0. The third-order valence-electron chi connectivity index (χ3n) is 1.59. The molecule has 0 aliphatic heterocycles. The van der Waals surface area contributed by atoms with Crippen LogP contribution >= 0.6 is 0 Å². The van der Waals surface area contributed by atoms with Gasteiger partial charge in [0.2, 0.25) is 0 Å². The Morgan fingerprint density at radius 1 is 1.00 bits per heavy atom. The van der Waals surface area contributed by atoms with Gasteiger partial charge in [-0.25, -0.2) is 0 Å². The summed E-state index contributed by atoms with van der Waals surface area (Å²) in [6.45, 7) is 12.3. The quantitative estimate of drug-likeness (QED) is 0.707. The van der Waals surface area contributed by atoms with Gasteiger partial charge >= 0.3 is 0 Å². The largest absolute Gasteiger partial charge is 0.365 e. The SMILES string of the molecule is CC.CC.CCc1c[nH]c(CC)c1. The Bertz CT molecular complexity index is 159. The van der Waals surface area contributed by atoms with E-state index in [1.54, 1.807) is 0 Å². The molecule has 0 bridgehead atoms. The molecule has 0 radical (unpaired) electrons. The Morgan fingerprint density at radius 3 is 1.77 bits per heavy atom. The van der Waals surface area contributed by atoms with Crippen LogP contribution in [-0.4, -0.2) is 4.98 Å². The second kappa shape index (κ2) is 11.3. The summed E-state index contributed by atoms with van der Waals surface area (Å²) < 4.78 is 0. The maximum atomic E-state index is 3.21. The van der Waals surface area contributed by atoms with Gasteiger partial charge in [-0.3, -0.25) is 0 Å². The number of aryl methyl sites for hydroxylation is 2. The normalized spacial score (nSPS) is 7.85. The van der Waals surface area contributed by atoms with Crippen LogP contribution in [-0.2, 0) is 12.8 Å². The second-order valence-electron chi connectivity index (χ2n) is 2.24. The number of nitrogens with one attached hydrogen (secondary N) is 1. The van der Waals surface area contributed by atoms with Crippen LogP contribution in [0.4, 0.5) is 0 Å². The number of hydrogen-bond donors (Lipinski definition) is 1. The monoisotopic (exact) mass is 183 g/mol. The molecule has 13 heavy (non-hydrogen) atoms. The molecule has 1 heteroatoms. The third-order valence-corrected chi connectivity index (χ3v) is 1.59. The molecule has 1 N–H and O–H groups in total. The molecule has 0 aromatic carbocycles. The molecular weight excluding hydrogens is 158 g/mol. The van der Waals surface area contributed by atoms with E-state index in [9.17, 15) is 0 Å². The summed E-state index contributed by atoms with van der Waals surface area (Å²) >= 11 is 0. The average Bonchev–Trinajstić information content (AvgIpc) is 2.71. The lowest BCUT2D eigenvalue weighted by molar-refractivity contribution is 1.06. The maximum absolute atomic E-state index is 3.21. The lowest BCUT2D eigenvalue weighted by atomic mass is 10.2. The van der Waals surface area contributed by atoms with Crippen molar-refractivity contribution in [2.75, 3.05) is 0 Å². The van der Waals surface area contributed by atoms with Crippen LogP contribution in [0, 0.1) is 0 Å². The van der Waals surface area contributed by atoms with E-state index < -0.39 is 0 Å². The van der Waals surface area contributed by atoms with Gasteiger partial charge in [-0.1, -0.05) is 41.5 Å². The number of rotatable bonds is 2.